The first-order valence-electron chi connectivity index (χ1n) is 11.7. The molecule has 2 aliphatic rings. The quantitative estimate of drug-likeness (QED) is 0.238. The van der Waals surface area contributed by atoms with Gasteiger partial charge in [-0.1, -0.05) is 0 Å². The van der Waals surface area contributed by atoms with Crippen molar-refractivity contribution in [2.45, 2.75) is 50.5 Å². The summed E-state index contributed by atoms with van der Waals surface area (Å²) in [4.78, 5) is 25.2. The van der Waals surface area contributed by atoms with Crippen LogP contribution in [-0.4, -0.2) is 68.3 Å². The molecule has 0 fully saturated rings. The standard InChI is InChI=1S/C25H30N2O10/c1-6-35-24(29)36-20-12-14-11-16(32-3)8-9-18(14)26(20)21-17-13-15(27(30)31)7-10-19(17)37-25(2,22(21)28)23(33-4)34-5/h7-11,13,20-23,28H,6,12H2,1-5H3/t20-,21+,22-,25+/m1/s1. The van der Waals surface area contributed by atoms with E-state index in [9.17, 15) is 20.0 Å². The number of rotatable bonds is 8. The highest BCUT2D eigenvalue weighted by Gasteiger charge is 2.56. The lowest BCUT2D eigenvalue weighted by Crippen LogP contribution is -2.63. The average Bonchev–Trinajstić information content (AvgIpc) is 3.21. The lowest BCUT2D eigenvalue weighted by atomic mass is 9.83. The van der Waals surface area contributed by atoms with Gasteiger partial charge >= 0.3 is 6.16 Å². The Kier molecular flexibility index (Phi) is 7.44. The average molecular weight is 519 g/mol. The summed E-state index contributed by atoms with van der Waals surface area (Å²) < 4.78 is 33.2. The van der Waals surface area contributed by atoms with Crippen LogP contribution >= 0.6 is 0 Å². The van der Waals surface area contributed by atoms with Gasteiger partial charge in [-0.3, -0.25) is 10.1 Å². The monoisotopic (exact) mass is 518 g/mol. The molecule has 4 atom stereocenters. The molecule has 0 amide bonds. The van der Waals surface area contributed by atoms with E-state index in [0.29, 0.717) is 22.7 Å². The minimum Gasteiger partial charge on any atom is -0.497 e. The Bertz CT molecular complexity index is 1170. The molecule has 12 heteroatoms. The van der Waals surface area contributed by atoms with E-state index < -0.39 is 41.3 Å². The molecule has 4 rings (SSSR count). The molecule has 2 heterocycles. The number of methoxy groups -OCH3 is 3. The van der Waals surface area contributed by atoms with Gasteiger partial charge in [0.05, 0.1) is 24.7 Å². The van der Waals surface area contributed by atoms with Gasteiger partial charge in [-0.15, -0.1) is 0 Å². The second kappa shape index (κ2) is 10.4. The van der Waals surface area contributed by atoms with Crippen LogP contribution in [0.15, 0.2) is 36.4 Å². The fraction of sp³-hybridized carbons (Fsp3) is 0.480. The van der Waals surface area contributed by atoms with E-state index in [1.807, 2.05) is 6.07 Å². The first-order valence-corrected chi connectivity index (χ1v) is 11.7. The van der Waals surface area contributed by atoms with Gasteiger partial charge in [-0.05, 0) is 43.7 Å². The lowest BCUT2D eigenvalue weighted by molar-refractivity contribution is -0.385. The van der Waals surface area contributed by atoms with Crippen LogP contribution in [0.1, 0.15) is 31.0 Å². The highest BCUT2D eigenvalue weighted by atomic mass is 16.7. The number of carbonyl (C=O) groups excluding carboxylic acids is 1. The van der Waals surface area contributed by atoms with Crippen molar-refractivity contribution in [3.63, 3.8) is 0 Å². The van der Waals surface area contributed by atoms with Crippen LogP contribution in [0, 0.1) is 10.1 Å². The van der Waals surface area contributed by atoms with Crippen LogP contribution in [-0.2, 0) is 25.4 Å². The lowest BCUT2D eigenvalue weighted by Gasteiger charge is -2.50. The molecule has 0 radical (unpaired) electrons. The number of hydrogen-bond acceptors (Lipinski definition) is 11. The van der Waals surface area contributed by atoms with E-state index in [1.54, 1.807) is 38.0 Å². The van der Waals surface area contributed by atoms with Gasteiger partial charge in [-0.2, -0.15) is 0 Å². The number of hydrogen-bond donors (Lipinski definition) is 1. The Morgan fingerprint density at radius 3 is 2.59 bits per heavy atom. The fourth-order valence-electron chi connectivity index (χ4n) is 5.04. The van der Waals surface area contributed by atoms with Gasteiger partial charge in [0.25, 0.3) is 5.69 Å². The van der Waals surface area contributed by atoms with Crippen molar-refractivity contribution in [1.29, 1.82) is 0 Å². The third-order valence-electron chi connectivity index (χ3n) is 6.70. The second-order valence-corrected chi connectivity index (χ2v) is 8.82. The zero-order chi connectivity index (χ0) is 26.9. The Labute approximate surface area is 213 Å². The van der Waals surface area contributed by atoms with E-state index in [4.69, 9.17) is 28.4 Å². The summed E-state index contributed by atoms with van der Waals surface area (Å²) in [5, 5.41) is 23.5. The summed E-state index contributed by atoms with van der Waals surface area (Å²) in [6.07, 6.45) is -3.88. The van der Waals surface area contributed by atoms with Crippen LogP contribution in [0.5, 0.6) is 11.5 Å². The molecule has 0 bridgehead atoms. The normalized spacial score (nSPS) is 24.2. The van der Waals surface area contributed by atoms with Crippen LogP contribution < -0.4 is 14.4 Å². The van der Waals surface area contributed by atoms with Crippen LogP contribution in [0.4, 0.5) is 16.2 Å². The van der Waals surface area contributed by atoms with E-state index >= 15 is 0 Å². The summed E-state index contributed by atoms with van der Waals surface area (Å²) in [6.45, 7) is 3.40. The summed E-state index contributed by atoms with van der Waals surface area (Å²) in [7, 11) is 4.37. The van der Waals surface area contributed by atoms with Gasteiger partial charge in [-0.25, -0.2) is 4.79 Å². The first-order chi connectivity index (χ1) is 17.7. The highest BCUT2D eigenvalue weighted by molar-refractivity contribution is 5.67. The van der Waals surface area contributed by atoms with Crippen molar-refractivity contribution in [2.24, 2.45) is 0 Å². The van der Waals surface area contributed by atoms with Crippen molar-refractivity contribution in [2.75, 3.05) is 32.8 Å². The van der Waals surface area contributed by atoms with E-state index in [1.165, 1.54) is 32.4 Å². The number of aliphatic hydroxyl groups excluding tert-OH is 1. The van der Waals surface area contributed by atoms with Gasteiger partial charge in [0.15, 0.2) is 18.1 Å². The molecule has 0 unspecified atom stereocenters. The maximum Gasteiger partial charge on any atom is 0.510 e. The molecule has 12 nitrogen and oxygen atoms in total. The number of fused-ring (bicyclic) bond motifs is 2. The number of anilines is 1. The zero-order valence-electron chi connectivity index (χ0n) is 21.2. The number of carbonyl (C=O) groups is 1. The Balaban J connectivity index is 1.91. The molecular weight excluding hydrogens is 488 g/mol. The fourth-order valence-corrected chi connectivity index (χ4v) is 5.04. The maximum atomic E-state index is 12.4. The summed E-state index contributed by atoms with van der Waals surface area (Å²) in [6, 6.07) is 8.50. The largest absolute Gasteiger partial charge is 0.510 e. The summed E-state index contributed by atoms with van der Waals surface area (Å²) in [5.74, 6) is 0.891. The van der Waals surface area contributed by atoms with Gasteiger partial charge < -0.3 is 38.4 Å². The molecule has 0 saturated carbocycles. The molecule has 1 N–H and O–H groups in total. The minimum atomic E-state index is -1.44. The van der Waals surface area contributed by atoms with Crippen LogP contribution in [0.2, 0.25) is 0 Å². The third-order valence-corrected chi connectivity index (χ3v) is 6.70. The number of ether oxygens (including phenoxy) is 6. The predicted octanol–water partition coefficient (Wildman–Crippen LogP) is 3.34. The SMILES string of the molecule is CCOC(=O)O[C@@H]1Cc2cc(OC)ccc2N1[C@H]1c2cc([N+](=O)[O-])ccc2O[C@](C)(C(OC)OC)[C@@H]1O. The highest BCUT2D eigenvalue weighted by Crippen LogP contribution is 2.50. The van der Waals surface area contributed by atoms with Crippen molar-refractivity contribution in [1.82, 2.24) is 0 Å². The van der Waals surface area contributed by atoms with Crippen molar-refractivity contribution < 1.29 is 43.2 Å². The van der Waals surface area contributed by atoms with Gasteiger partial charge in [0.1, 0.15) is 17.6 Å². The summed E-state index contributed by atoms with van der Waals surface area (Å²) in [5.41, 5.74) is 0.144. The number of aliphatic hydroxyl groups is 1. The Morgan fingerprint density at radius 1 is 1.24 bits per heavy atom. The predicted molar refractivity (Wildman–Crippen MR) is 130 cm³/mol. The number of non-ortho nitro benzene ring substituents is 1. The molecule has 200 valence electrons. The molecule has 2 aromatic carbocycles. The van der Waals surface area contributed by atoms with E-state index in [0.717, 1.165) is 5.56 Å². The number of benzene rings is 2. The zero-order valence-corrected chi connectivity index (χ0v) is 21.2. The number of nitro benzene ring substituents is 1. The Hall–Kier alpha value is -3.61. The van der Waals surface area contributed by atoms with Crippen LogP contribution in [0.3, 0.4) is 0 Å². The smallest absolute Gasteiger partial charge is 0.497 e. The molecule has 37 heavy (non-hydrogen) atoms. The van der Waals surface area contributed by atoms with E-state index in [-0.39, 0.29) is 18.7 Å². The molecule has 2 aliphatic heterocycles. The molecule has 2 aromatic rings. The third kappa shape index (κ3) is 4.63. The topological polar surface area (TPSA) is 139 Å². The van der Waals surface area contributed by atoms with Crippen molar-refractivity contribution in [3.8, 4) is 11.5 Å². The molecule has 0 aromatic heterocycles. The second-order valence-electron chi connectivity index (χ2n) is 8.82. The van der Waals surface area contributed by atoms with Gasteiger partial charge in [0.2, 0.25) is 0 Å². The van der Waals surface area contributed by atoms with Crippen molar-refractivity contribution in [3.05, 3.63) is 57.6 Å². The number of nitro groups is 1. The van der Waals surface area contributed by atoms with Gasteiger partial charge in [0, 0.05) is 44.0 Å². The van der Waals surface area contributed by atoms with Crippen LogP contribution in [0.25, 0.3) is 0 Å². The van der Waals surface area contributed by atoms with Crippen molar-refractivity contribution >= 4 is 17.5 Å². The molecular formula is C25H30N2O10. The molecule has 0 spiro atoms. The minimum absolute atomic E-state index is 0.114. The Morgan fingerprint density at radius 2 is 1.97 bits per heavy atom. The number of nitrogens with zero attached hydrogens (tertiary/aromatic N) is 2. The molecule has 0 aliphatic carbocycles. The van der Waals surface area contributed by atoms with E-state index in [2.05, 4.69) is 0 Å². The maximum absolute atomic E-state index is 12.4. The molecule has 0 saturated heterocycles. The first kappa shape index (κ1) is 26.5. The summed E-state index contributed by atoms with van der Waals surface area (Å²) >= 11 is 0.